The molecule has 1 amide bonds. The number of nitrogens with zero attached hydrogens (tertiary/aromatic N) is 3. The van der Waals surface area contributed by atoms with Crippen LogP contribution >= 0.6 is 23.4 Å². The predicted molar refractivity (Wildman–Crippen MR) is 141 cm³/mol. The van der Waals surface area contributed by atoms with Gasteiger partial charge in [-0.2, -0.15) is 0 Å². The number of hydrogen-bond donors (Lipinski definition) is 2. The van der Waals surface area contributed by atoms with Gasteiger partial charge in [-0.05, 0) is 62.4 Å². The minimum absolute atomic E-state index is 0.0214. The smallest absolute Gasteiger partial charge is 0.237 e. The highest BCUT2D eigenvalue weighted by molar-refractivity contribution is 8.00. The average molecular weight is 506 g/mol. The van der Waals surface area contributed by atoms with E-state index in [0.717, 1.165) is 11.4 Å². The van der Waals surface area contributed by atoms with E-state index in [1.54, 1.807) is 24.3 Å². The van der Waals surface area contributed by atoms with E-state index in [1.165, 1.54) is 18.7 Å². The summed E-state index contributed by atoms with van der Waals surface area (Å²) < 4.78 is 1.93. The maximum absolute atomic E-state index is 12.9. The van der Waals surface area contributed by atoms with Crippen LogP contribution < -0.4 is 10.6 Å². The van der Waals surface area contributed by atoms with Crippen molar-refractivity contribution in [3.8, 4) is 5.69 Å². The molecule has 1 heterocycles. The Kier molecular flexibility index (Phi) is 7.84. The Morgan fingerprint density at radius 1 is 0.971 bits per heavy atom. The number of hydrogen-bond acceptors (Lipinski definition) is 6. The van der Waals surface area contributed by atoms with E-state index in [0.29, 0.717) is 33.8 Å². The number of thioether (sulfide) groups is 1. The van der Waals surface area contributed by atoms with Crippen molar-refractivity contribution in [3.05, 3.63) is 95.3 Å². The van der Waals surface area contributed by atoms with Crippen LogP contribution in [-0.2, 0) is 11.3 Å². The highest BCUT2D eigenvalue weighted by atomic mass is 35.5. The molecule has 0 aliphatic carbocycles. The summed E-state index contributed by atoms with van der Waals surface area (Å²) in [5, 5.41) is 15.7. The molecule has 0 radical (unpaired) electrons. The van der Waals surface area contributed by atoms with Crippen LogP contribution in [0.4, 0.5) is 11.4 Å². The summed E-state index contributed by atoms with van der Waals surface area (Å²) in [6.07, 6.45) is 0. The number of Topliss-reactive ketones (excluding diaryl/α,β-unsaturated/α-hetero) is 1. The molecule has 1 aromatic heterocycles. The molecule has 3 aromatic carbocycles. The fourth-order valence-corrected chi connectivity index (χ4v) is 4.44. The van der Waals surface area contributed by atoms with Gasteiger partial charge in [0.05, 0.1) is 22.5 Å². The predicted octanol–water partition coefficient (Wildman–Crippen LogP) is 5.85. The molecule has 0 aliphatic heterocycles. The lowest BCUT2D eigenvalue weighted by Crippen LogP contribution is -2.23. The van der Waals surface area contributed by atoms with E-state index < -0.39 is 5.25 Å². The summed E-state index contributed by atoms with van der Waals surface area (Å²) in [5.41, 5.74) is 2.92. The summed E-state index contributed by atoms with van der Waals surface area (Å²) in [4.78, 5) is 24.3. The topological polar surface area (TPSA) is 88.9 Å². The normalized spacial score (nSPS) is 11.6. The van der Waals surface area contributed by atoms with E-state index >= 15 is 0 Å². The number of carbonyl (C=O) groups is 2. The van der Waals surface area contributed by atoms with Crippen LogP contribution in [0.2, 0.25) is 5.02 Å². The number of para-hydroxylation sites is 2. The molecule has 0 fully saturated rings. The zero-order chi connectivity index (χ0) is 24.8. The molecule has 178 valence electrons. The number of benzene rings is 3. The molecule has 7 nitrogen and oxygen atoms in total. The molecule has 35 heavy (non-hydrogen) atoms. The van der Waals surface area contributed by atoms with Crippen molar-refractivity contribution >= 4 is 46.4 Å². The van der Waals surface area contributed by atoms with Gasteiger partial charge in [-0.1, -0.05) is 53.7 Å². The summed E-state index contributed by atoms with van der Waals surface area (Å²) in [6.45, 7) is 3.72. The number of halogens is 1. The third kappa shape index (κ3) is 6.09. The van der Waals surface area contributed by atoms with Crippen molar-refractivity contribution in [2.75, 3.05) is 10.6 Å². The van der Waals surface area contributed by atoms with Crippen LogP contribution in [0, 0.1) is 0 Å². The van der Waals surface area contributed by atoms with Crippen LogP contribution in [0.15, 0.2) is 84.0 Å². The lowest BCUT2D eigenvalue weighted by atomic mass is 10.1. The first-order valence-corrected chi connectivity index (χ1v) is 12.2. The van der Waals surface area contributed by atoms with Crippen LogP contribution in [0.3, 0.4) is 0 Å². The van der Waals surface area contributed by atoms with Gasteiger partial charge in [0.15, 0.2) is 16.8 Å². The number of amides is 1. The fourth-order valence-electron chi connectivity index (χ4n) is 3.35. The Morgan fingerprint density at radius 3 is 2.34 bits per heavy atom. The monoisotopic (exact) mass is 505 g/mol. The summed E-state index contributed by atoms with van der Waals surface area (Å²) in [6, 6.07) is 24.1. The molecule has 4 rings (SSSR count). The molecule has 0 aliphatic rings. The van der Waals surface area contributed by atoms with Gasteiger partial charge >= 0.3 is 0 Å². The lowest BCUT2D eigenvalue weighted by molar-refractivity contribution is -0.115. The maximum atomic E-state index is 12.9. The Bertz CT molecular complexity index is 1330. The van der Waals surface area contributed by atoms with E-state index in [-0.39, 0.29) is 11.7 Å². The van der Waals surface area contributed by atoms with Gasteiger partial charge in [-0.3, -0.25) is 14.2 Å². The summed E-state index contributed by atoms with van der Waals surface area (Å²) in [7, 11) is 0. The molecule has 4 aromatic rings. The minimum Gasteiger partial charge on any atom is -0.377 e. The number of ketones is 1. The van der Waals surface area contributed by atoms with Crippen molar-refractivity contribution in [2.24, 2.45) is 0 Å². The van der Waals surface area contributed by atoms with E-state index in [4.69, 9.17) is 11.6 Å². The summed E-state index contributed by atoms with van der Waals surface area (Å²) >= 11 is 7.59. The van der Waals surface area contributed by atoms with Gasteiger partial charge in [0.2, 0.25) is 5.91 Å². The average Bonchev–Trinajstić information content (AvgIpc) is 3.26. The van der Waals surface area contributed by atoms with Gasteiger partial charge < -0.3 is 10.6 Å². The minimum atomic E-state index is -0.446. The maximum Gasteiger partial charge on any atom is 0.237 e. The molecule has 2 N–H and O–H groups in total. The quantitative estimate of drug-likeness (QED) is 0.219. The lowest BCUT2D eigenvalue weighted by Gasteiger charge is -2.15. The van der Waals surface area contributed by atoms with E-state index in [1.807, 2.05) is 66.1 Å². The van der Waals surface area contributed by atoms with Gasteiger partial charge in [0, 0.05) is 16.9 Å². The zero-order valence-corrected chi connectivity index (χ0v) is 20.8. The Labute approximate surface area is 212 Å². The van der Waals surface area contributed by atoms with Gasteiger partial charge in [-0.15, -0.1) is 10.2 Å². The molecule has 0 saturated carbocycles. The van der Waals surface area contributed by atoms with Gasteiger partial charge in [-0.25, -0.2) is 0 Å². The SMILES string of the molecule is CC(=O)c1ccc(NC(=O)[C@@H](C)Sc2nnc(CNc3ccccc3Cl)n2-c2ccccc2)cc1. The Hall–Kier alpha value is -3.62. The molecular formula is C26H24ClN5O2S. The summed E-state index contributed by atoms with van der Waals surface area (Å²) in [5.74, 6) is 0.488. The second-order valence-corrected chi connectivity index (χ2v) is 9.50. The third-order valence-electron chi connectivity index (χ3n) is 5.24. The molecule has 0 saturated heterocycles. The van der Waals surface area contributed by atoms with Crippen LogP contribution in [0.1, 0.15) is 30.0 Å². The molecule has 0 unspecified atom stereocenters. The van der Waals surface area contributed by atoms with Crippen LogP contribution in [0.5, 0.6) is 0 Å². The van der Waals surface area contributed by atoms with Crippen molar-refractivity contribution < 1.29 is 9.59 Å². The van der Waals surface area contributed by atoms with Crippen molar-refractivity contribution in [3.63, 3.8) is 0 Å². The second-order valence-electron chi connectivity index (χ2n) is 7.79. The first-order chi connectivity index (χ1) is 16.9. The first kappa shape index (κ1) is 24.5. The van der Waals surface area contributed by atoms with Crippen LogP contribution in [-0.4, -0.2) is 31.7 Å². The van der Waals surface area contributed by atoms with Crippen LogP contribution in [0.25, 0.3) is 5.69 Å². The van der Waals surface area contributed by atoms with E-state index in [2.05, 4.69) is 20.8 Å². The molecule has 9 heteroatoms. The largest absolute Gasteiger partial charge is 0.377 e. The fraction of sp³-hybridized carbons (Fsp3) is 0.154. The van der Waals surface area contributed by atoms with Crippen molar-refractivity contribution in [2.45, 2.75) is 30.8 Å². The number of nitrogens with one attached hydrogen (secondary N) is 2. The first-order valence-electron chi connectivity index (χ1n) is 11.0. The highest BCUT2D eigenvalue weighted by Gasteiger charge is 2.21. The molecule has 0 spiro atoms. The second kappa shape index (κ2) is 11.2. The third-order valence-corrected chi connectivity index (χ3v) is 6.61. The van der Waals surface area contributed by atoms with Crippen molar-refractivity contribution in [1.29, 1.82) is 0 Å². The van der Waals surface area contributed by atoms with Crippen molar-refractivity contribution in [1.82, 2.24) is 14.8 Å². The zero-order valence-electron chi connectivity index (χ0n) is 19.2. The number of anilines is 2. The number of aromatic nitrogens is 3. The number of rotatable bonds is 9. The highest BCUT2D eigenvalue weighted by Crippen LogP contribution is 2.28. The molecule has 1 atom stereocenters. The Morgan fingerprint density at radius 2 is 1.66 bits per heavy atom. The van der Waals surface area contributed by atoms with Gasteiger partial charge in [0.1, 0.15) is 0 Å². The Balaban J connectivity index is 1.51. The number of carbonyl (C=O) groups excluding carboxylic acids is 2. The molecular weight excluding hydrogens is 482 g/mol. The molecule has 0 bridgehead atoms. The standard InChI is InChI=1S/C26H24ClN5O2S/c1-17(33)19-12-14-20(15-13-19)29-25(34)18(2)35-26-31-30-24(32(26)21-8-4-3-5-9-21)16-28-23-11-7-6-10-22(23)27/h3-15,18,28H,16H2,1-2H3,(H,29,34)/t18-/m1/s1. The van der Waals surface area contributed by atoms with E-state index in [9.17, 15) is 9.59 Å². The van der Waals surface area contributed by atoms with Gasteiger partial charge in [0.25, 0.3) is 0 Å².